The molecular formula is C23H27FN8O2. The van der Waals surface area contributed by atoms with Gasteiger partial charge in [0.2, 0.25) is 5.91 Å². The standard InChI is InChI=1S/C23H27FN8O2/c1-15-19(2-3-21(24)20(15)8-25)22-12-30-4-5-31(11-18(30)13-34-22)23(33)7-16-6-17(10-28-9-16)32(27)14-29-26/h2-3,6,9-10,14,18,22H,4-5,7,11-13,26-27H2,1H3/b29-14-. The number of fused-ring (bicyclic) bond motifs is 1. The molecule has 2 unspecified atom stereocenters. The number of carbonyl (C=O) groups is 1. The zero-order valence-corrected chi connectivity index (χ0v) is 18.9. The lowest BCUT2D eigenvalue weighted by molar-refractivity contribution is -0.139. The fourth-order valence-electron chi connectivity index (χ4n) is 4.52. The monoisotopic (exact) mass is 466 g/mol. The van der Waals surface area contributed by atoms with Crippen LogP contribution >= 0.6 is 0 Å². The number of aromatic nitrogens is 1. The van der Waals surface area contributed by atoms with Crippen LogP contribution in [-0.2, 0) is 16.0 Å². The van der Waals surface area contributed by atoms with Crippen LogP contribution in [0.4, 0.5) is 10.1 Å². The zero-order chi connectivity index (χ0) is 24.2. The summed E-state index contributed by atoms with van der Waals surface area (Å²) in [4.78, 5) is 21.3. The Hall–Kier alpha value is -3.59. The number of amides is 1. The van der Waals surface area contributed by atoms with E-state index in [2.05, 4.69) is 15.0 Å². The van der Waals surface area contributed by atoms with Crippen molar-refractivity contribution in [2.75, 3.05) is 37.8 Å². The number of anilines is 1. The molecule has 0 saturated carbocycles. The third-order valence-electron chi connectivity index (χ3n) is 6.39. The van der Waals surface area contributed by atoms with Crippen LogP contribution in [0, 0.1) is 24.1 Å². The van der Waals surface area contributed by atoms with Crippen molar-refractivity contribution in [2.45, 2.75) is 25.5 Å². The molecule has 2 aromatic rings. The number of hydrazine groups is 1. The van der Waals surface area contributed by atoms with Crippen molar-refractivity contribution in [1.82, 2.24) is 14.8 Å². The number of pyridine rings is 1. The fraction of sp³-hybridized carbons (Fsp3) is 0.391. The molecule has 4 N–H and O–H groups in total. The second-order valence-corrected chi connectivity index (χ2v) is 8.46. The summed E-state index contributed by atoms with van der Waals surface area (Å²) >= 11 is 0. The average molecular weight is 467 g/mol. The summed E-state index contributed by atoms with van der Waals surface area (Å²) in [7, 11) is 0. The summed E-state index contributed by atoms with van der Waals surface area (Å²) in [5.41, 5.74) is 2.82. The van der Waals surface area contributed by atoms with E-state index in [4.69, 9.17) is 16.4 Å². The largest absolute Gasteiger partial charge is 0.370 e. The van der Waals surface area contributed by atoms with Crippen molar-refractivity contribution < 1.29 is 13.9 Å². The van der Waals surface area contributed by atoms with Gasteiger partial charge < -0.3 is 15.5 Å². The minimum absolute atomic E-state index is 0.00447. The molecule has 10 nitrogen and oxygen atoms in total. The highest BCUT2D eigenvalue weighted by atomic mass is 19.1. The molecule has 2 aliphatic rings. The molecule has 1 aromatic heterocycles. The predicted molar refractivity (Wildman–Crippen MR) is 124 cm³/mol. The molecule has 34 heavy (non-hydrogen) atoms. The summed E-state index contributed by atoms with van der Waals surface area (Å²) in [6, 6.07) is 6.81. The minimum Gasteiger partial charge on any atom is -0.370 e. The summed E-state index contributed by atoms with van der Waals surface area (Å²) in [6.07, 6.45) is 4.42. The molecule has 1 aromatic carbocycles. The molecule has 11 heteroatoms. The number of nitrogens with zero attached hydrogens (tertiary/aromatic N) is 6. The van der Waals surface area contributed by atoms with E-state index in [9.17, 15) is 14.4 Å². The van der Waals surface area contributed by atoms with Gasteiger partial charge in [-0.3, -0.25) is 19.7 Å². The number of nitrogens with two attached hydrogens (primary N) is 2. The Kier molecular flexibility index (Phi) is 7.02. The molecule has 0 radical (unpaired) electrons. The zero-order valence-electron chi connectivity index (χ0n) is 18.9. The lowest BCUT2D eigenvalue weighted by Gasteiger charge is -2.46. The first-order chi connectivity index (χ1) is 16.4. The van der Waals surface area contributed by atoms with Gasteiger partial charge in [-0.2, -0.15) is 10.4 Å². The maximum atomic E-state index is 13.9. The van der Waals surface area contributed by atoms with E-state index in [-0.39, 0.29) is 30.0 Å². The van der Waals surface area contributed by atoms with Crippen molar-refractivity contribution in [3.05, 3.63) is 58.7 Å². The van der Waals surface area contributed by atoms with Crippen LogP contribution in [0.1, 0.15) is 28.4 Å². The molecule has 2 aliphatic heterocycles. The Morgan fingerprint density at radius 3 is 3.00 bits per heavy atom. The smallest absolute Gasteiger partial charge is 0.227 e. The van der Waals surface area contributed by atoms with Crippen molar-refractivity contribution in [3.63, 3.8) is 0 Å². The summed E-state index contributed by atoms with van der Waals surface area (Å²) < 4.78 is 20.0. The number of ether oxygens (including phenoxy) is 1. The minimum atomic E-state index is -0.517. The van der Waals surface area contributed by atoms with E-state index in [0.717, 1.165) is 11.1 Å². The predicted octanol–water partition coefficient (Wildman–Crippen LogP) is 0.810. The lowest BCUT2D eigenvalue weighted by Crippen LogP contribution is -2.59. The second kappa shape index (κ2) is 10.1. The van der Waals surface area contributed by atoms with Crippen molar-refractivity contribution in [1.29, 1.82) is 5.26 Å². The molecule has 0 aliphatic carbocycles. The normalized spacial score (nSPS) is 20.7. The molecule has 4 rings (SSSR count). The summed E-state index contributed by atoms with van der Waals surface area (Å²) in [5, 5.41) is 13.9. The number of piperazine rings is 1. The maximum absolute atomic E-state index is 13.9. The first kappa shape index (κ1) is 23.6. The Morgan fingerprint density at radius 2 is 2.24 bits per heavy atom. The van der Waals surface area contributed by atoms with Crippen LogP contribution in [0.3, 0.4) is 0 Å². The van der Waals surface area contributed by atoms with E-state index < -0.39 is 5.82 Å². The summed E-state index contributed by atoms with van der Waals surface area (Å²) in [5.74, 6) is 10.4. The van der Waals surface area contributed by atoms with Crippen LogP contribution in [0.25, 0.3) is 0 Å². The molecule has 178 valence electrons. The number of hydrogen-bond donors (Lipinski definition) is 2. The third kappa shape index (κ3) is 4.84. The van der Waals surface area contributed by atoms with Gasteiger partial charge in [0.1, 0.15) is 18.2 Å². The SMILES string of the molecule is Cc1c(C2CN3CCN(C(=O)Cc4cncc(N(N)/C=N\N)c4)CC3CO2)ccc(F)c1C#N. The average Bonchev–Trinajstić information content (AvgIpc) is 2.84. The van der Waals surface area contributed by atoms with Gasteiger partial charge in [0.05, 0.1) is 42.6 Å². The quantitative estimate of drug-likeness (QED) is 0.286. The number of hydrogen-bond acceptors (Lipinski definition) is 8. The number of nitriles is 1. The number of carbonyl (C=O) groups excluding carboxylic acids is 1. The van der Waals surface area contributed by atoms with Gasteiger partial charge >= 0.3 is 0 Å². The topological polar surface area (TPSA) is 137 Å². The highest BCUT2D eigenvalue weighted by Gasteiger charge is 2.36. The van der Waals surface area contributed by atoms with Crippen molar-refractivity contribution >= 4 is 17.9 Å². The highest BCUT2D eigenvalue weighted by Crippen LogP contribution is 2.31. The molecule has 3 heterocycles. The van der Waals surface area contributed by atoms with Crippen molar-refractivity contribution in [3.8, 4) is 6.07 Å². The van der Waals surface area contributed by atoms with E-state index in [1.807, 2.05) is 11.0 Å². The Morgan fingerprint density at radius 1 is 1.41 bits per heavy atom. The molecule has 1 amide bonds. The van der Waals surface area contributed by atoms with Crippen LogP contribution in [0.15, 0.2) is 35.7 Å². The Bertz CT molecular complexity index is 1130. The van der Waals surface area contributed by atoms with Gasteiger partial charge in [0.25, 0.3) is 0 Å². The molecular weight excluding hydrogens is 439 g/mol. The van der Waals surface area contributed by atoms with E-state index in [1.165, 1.54) is 17.4 Å². The lowest BCUT2D eigenvalue weighted by atomic mass is 9.96. The van der Waals surface area contributed by atoms with Crippen LogP contribution < -0.4 is 16.7 Å². The number of morpholine rings is 1. The molecule has 2 fully saturated rings. The first-order valence-corrected chi connectivity index (χ1v) is 10.9. The van der Waals surface area contributed by atoms with Crippen LogP contribution in [0.5, 0.6) is 0 Å². The molecule has 2 saturated heterocycles. The number of rotatable bonds is 5. The van der Waals surface area contributed by atoms with Gasteiger partial charge in [-0.1, -0.05) is 6.07 Å². The number of halogens is 1. The molecule has 0 bridgehead atoms. The Balaban J connectivity index is 1.37. The van der Waals surface area contributed by atoms with Gasteiger partial charge in [-0.05, 0) is 35.7 Å². The first-order valence-electron chi connectivity index (χ1n) is 10.9. The fourth-order valence-corrected chi connectivity index (χ4v) is 4.52. The maximum Gasteiger partial charge on any atom is 0.227 e. The number of benzene rings is 1. The third-order valence-corrected chi connectivity index (χ3v) is 6.39. The van der Waals surface area contributed by atoms with E-state index >= 15 is 0 Å². The second-order valence-electron chi connectivity index (χ2n) is 8.46. The van der Waals surface area contributed by atoms with E-state index in [0.29, 0.717) is 44.0 Å². The Labute approximate surface area is 197 Å². The van der Waals surface area contributed by atoms with Gasteiger partial charge in [-0.25, -0.2) is 10.2 Å². The number of hydrazone groups is 1. The summed E-state index contributed by atoms with van der Waals surface area (Å²) in [6.45, 7) is 4.70. The highest BCUT2D eigenvalue weighted by molar-refractivity contribution is 5.80. The van der Waals surface area contributed by atoms with Gasteiger partial charge in [0, 0.05) is 32.4 Å². The van der Waals surface area contributed by atoms with Gasteiger partial charge in [-0.15, -0.1) is 0 Å². The van der Waals surface area contributed by atoms with Crippen molar-refractivity contribution in [2.24, 2.45) is 16.8 Å². The van der Waals surface area contributed by atoms with E-state index in [1.54, 1.807) is 31.5 Å². The molecule has 0 spiro atoms. The van der Waals surface area contributed by atoms with Crippen LogP contribution in [0.2, 0.25) is 0 Å². The van der Waals surface area contributed by atoms with Gasteiger partial charge in [0.15, 0.2) is 0 Å². The molecule has 2 atom stereocenters. The van der Waals surface area contributed by atoms with Crippen LogP contribution in [-0.4, -0.2) is 65.9 Å².